The molecule has 0 spiro atoms. The van der Waals surface area contributed by atoms with Crippen molar-refractivity contribution in [3.63, 3.8) is 0 Å². The third-order valence-electron chi connectivity index (χ3n) is 3.98. The number of methoxy groups -OCH3 is 1. The van der Waals surface area contributed by atoms with Crippen LogP contribution >= 0.6 is 0 Å². The van der Waals surface area contributed by atoms with E-state index in [1.54, 1.807) is 19.2 Å². The second-order valence-corrected chi connectivity index (χ2v) is 5.48. The van der Waals surface area contributed by atoms with Crippen LogP contribution in [0.15, 0.2) is 42.5 Å². The number of hydrogen-bond donors (Lipinski definition) is 2. The van der Waals surface area contributed by atoms with Crippen LogP contribution < -0.4 is 4.74 Å². The Morgan fingerprint density at radius 1 is 1.26 bits per heavy atom. The molecule has 0 aliphatic heterocycles. The van der Waals surface area contributed by atoms with E-state index in [0.717, 1.165) is 16.9 Å². The van der Waals surface area contributed by atoms with Crippen molar-refractivity contribution in [2.24, 2.45) is 0 Å². The highest BCUT2D eigenvalue weighted by atomic mass is 16.5. The normalized spacial score (nSPS) is 12.3. The number of aliphatic carboxylic acids is 1. The standard InChI is InChI=1S/C18H18N2O3/c1-11(12-6-4-3-5-7-12)18-19-16-13(10-15(21)22)8-9-14(23-2)17(16)20-18/h3-9,11H,10H2,1-2H3,(H,19,20)(H,21,22). The number of fused-ring (bicyclic) bond motifs is 1. The number of H-pyrrole nitrogens is 1. The molecule has 0 bridgehead atoms. The van der Waals surface area contributed by atoms with E-state index in [1.165, 1.54) is 0 Å². The number of carboxylic acid groups (broad SMARTS) is 1. The lowest BCUT2D eigenvalue weighted by molar-refractivity contribution is -0.136. The average molecular weight is 310 g/mol. The van der Waals surface area contributed by atoms with Crippen LogP contribution in [0.2, 0.25) is 0 Å². The molecule has 2 N–H and O–H groups in total. The Hall–Kier alpha value is -2.82. The summed E-state index contributed by atoms with van der Waals surface area (Å²) in [6, 6.07) is 13.6. The van der Waals surface area contributed by atoms with Gasteiger partial charge >= 0.3 is 5.97 Å². The molecule has 3 rings (SSSR count). The molecular weight excluding hydrogens is 292 g/mol. The summed E-state index contributed by atoms with van der Waals surface area (Å²) in [5.74, 6) is 0.633. The summed E-state index contributed by atoms with van der Waals surface area (Å²) in [7, 11) is 1.58. The first-order chi connectivity index (χ1) is 11.1. The molecule has 0 aliphatic carbocycles. The number of ether oxygens (including phenoxy) is 1. The molecule has 118 valence electrons. The maximum Gasteiger partial charge on any atom is 0.307 e. The van der Waals surface area contributed by atoms with Crippen LogP contribution in [0.4, 0.5) is 0 Å². The summed E-state index contributed by atoms with van der Waals surface area (Å²) >= 11 is 0. The van der Waals surface area contributed by atoms with Gasteiger partial charge in [0.05, 0.1) is 19.0 Å². The van der Waals surface area contributed by atoms with Gasteiger partial charge in [0, 0.05) is 5.92 Å². The monoisotopic (exact) mass is 310 g/mol. The van der Waals surface area contributed by atoms with E-state index in [-0.39, 0.29) is 12.3 Å². The molecule has 2 aromatic carbocycles. The molecule has 0 radical (unpaired) electrons. The van der Waals surface area contributed by atoms with Crippen LogP contribution in [0, 0.1) is 0 Å². The first kappa shape index (κ1) is 15.1. The number of carbonyl (C=O) groups is 1. The minimum atomic E-state index is -0.872. The van der Waals surface area contributed by atoms with Gasteiger partial charge in [-0.3, -0.25) is 4.79 Å². The van der Waals surface area contributed by atoms with Gasteiger partial charge in [-0.25, -0.2) is 4.98 Å². The van der Waals surface area contributed by atoms with Crippen LogP contribution in [0.1, 0.15) is 29.8 Å². The van der Waals surface area contributed by atoms with Crippen molar-refractivity contribution in [1.29, 1.82) is 0 Å². The number of imidazole rings is 1. The summed E-state index contributed by atoms with van der Waals surface area (Å²) in [6.45, 7) is 2.07. The van der Waals surface area contributed by atoms with Gasteiger partial charge in [-0.1, -0.05) is 43.3 Å². The minimum Gasteiger partial charge on any atom is -0.494 e. The third kappa shape index (κ3) is 2.90. The second-order valence-electron chi connectivity index (χ2n) is 5.48. The average Bonchev–Trinajstić information content (AvgIpc) is 3.00. The number of carboxylic acids is 1. The van der Waals surface area contributed by atoms with Crippen LogP contribution in [0.3, 0.4) is 0 Å². The highest BCUT2D eigenvalue weighted by Gasteiger charge is 2.18. The number of benzene rings is 2. The third-order valence-corrected chi connectivity index (χ3v) is 3.98. The number of rotatable bonds is 5. The van der Waals surface area contributed by atoms with E-state index in [9.17, 15) is 4.79 Å². The second kappa shape index (κ2) is 6.12. The summed E-state index contributed by atoms with van der Waals surface area (Å²) in [5, 5.41) is 9.08. The van der Waals surface area contributed by atoms with Crippen molar-refractivity contribution in [3.05, 3.63) is 59.4 Å². The Labute approximate surface area is 133 Å². The SMILES string of the molecule is COc1ccc(CC(=O)O)c2[nH]c(C(C)c3ccccc3)nc12. The molecular formula is C18H18N2O3. The molecule has 23 heavy (non-hydrogen) atoms. The maximum atomic E-state index is 11.1. The van der Waals surface area contributed by atoms with Crippen LogP contribution in [0.5, 0.6) is 5.75 Å². The molecule has 1 heterocycles. The number of nitrogens with one attached hydrogen (secondary N) is 1. The highest BCUT2D eigenvalue weighted by Crippen LogP contribution is 2.30. The van der Waals surface area contributed by atoms with Crippen LogP contribution in [-0.2, 0) is 11.2 Å². The van der Waals surface area contributed by atoms with E-state index in [0.29, 0.717) is 16.8 Å². The van der Waals surface area contributed by atoms with E-state index in [2.05, 4.69) is 16.9 Å². The predicted octanol–water partition coefficient (Wildman–Crippen LogP) is 3.35. The molecule has 0 amide bonds. The Morgan fingerprint density at radius 3 is 2.65 bits per heavy atom. The van der Waals surface area contributed by atoms with Gasteiger partial charge in [0.15, 0.2) is 0 Å². The lowest BCUT2D eigenvalue weighted by Gasteiger charge is -2.08. The number of nitrogens with zero attached hydrogens (tertiary/aromatic N) is 1. The van der Waals surface area contributed by atoms with Gasteiger partial charge in [-0.15, -0.1) is 0 Å². The summed E-state index contributed by atoms with van der Waals surface area (Å²) < 4.78 is 5.36. The highest BCUT2D eigenvalue weighted by molar-refractivity contribution is 5.88. The molecule has 0 fully saturated rings. The van der Waals surface area contributed by atoms with Gasteiger partial charge < -0.3 is 14.8 Å². The zero-order chi connectivity index (χ0) is 16.4. The first-order valence-electron chi connectivity index (χ1n) is 7.42. The molecule has 5 nitrogen and oxygen atoms in total. The molecule has 0 aliphatic rings. The van der Waals surface area contributed by atoms with Gasteiger partial charge in [0.25, 0.3) is 0 Å². The smallest absolute Gasteiger partial charge is 0.307 e. The number of hydrogen-bond acceptors (Lipinski definition) is 3. The van der Waals surface area contributed by atoms with Crippen LogP contribution in [0.25, 0.3) is 11.0 Å². The topological polar surface area (TPSA) is 75.2 Å². The fraction of sp³-hybridized carbons (Fsp3) is 0.222. The quantitative estimate of drug-likeness (QED) is 0.758. The van der Waals surface area contributed by atoms with Gasteiger partial charge in [-0.05, 0) is 17.2 Å². The predicted molar refractivity (Wildman–Crippen MR) is 87.9 cm³/mol. The fourth-order valence-electron chi connectivity index (χ4n) is 2.72. The first-order valence-corrected chi connectivity index (χ1v) is 7.42. The Balaban J connectivity index is 2.11. The molecule has 1 atom stereocenters. The van der Waals surface area contributed by atoms with Gasteiger partial charge in [0.1, 0.15) is 17.1 Å². The number of aromatic amines is 1. The largest absolute Gasteiger partial charge is 0.494 e. The molecule has 0 saturated heterocycles. The van der Waals surface area contributed by atoms with Crippen molar-refractivity contribution in [3.8, 4) is 5.75 Å². The maximum absolute atomic E-state index is 11.1. The Bertz CT molecular complexity index is 840. The lowest BCUT2D eigenvalue weighted by Crippen LogP contribution is -2.01. The van der Waals surface area contributed by atoms with Crippen molar-refractivity contribution >= 4 is 17.0 Å². The van der Waals surface area contributed by atoms with Crippen molar-refractivity contribution < 1.29 is 14.6 Å². The van der Waals surface area contributed by atoms with Gasteiger partial charge in [0.2, 0.25) is 0 Å². The van der Waals surface area contributed by atoms with Crippen molar-refractivity contribution in [2.75, 3.05) is 7.11 Å². The van der Waals surface area contributed by atoms with Crippen molar-refractivity contribution in [1.82, 2.24) is 9.97 Å². The summed E-state index contributed by atoms with van der Waals surface area (Å²) in [5.41, 5.74) is 3.24. The molecule has 3 aromatic rings. The van der Waals surface area contributed by atoms with Crippen molar-refractivity contribution in [2.45, 2.75) is 19.3 Å². The molecule has 1 unspecified atom stereocenters. The lowest BCUT2D eigenvalue weighted by atomic mass is 10.0. The number of aromatic nitrogens is 2. The zero-order valence-electron chi connectivity index (χ0n) is 13.0. The summed E-state index contributed by atoms with van der Waals surface area (Å²) in [4.78, 5) is 19.0. The fourth-order valence-corrected chi connectivity index (χ4v) is 2.72. The van der Waals surface area contributed by atoms with Crippen LogP contribution in [-0.4, -0.2) is 28.2 Å². The van der Waals surface area contributed by atoms with E-state index < -0.39 is 5.97 Å². The Morgan fingerprint density at radius 2 is 2.00 bits per heavy atom. The summed E-state index contributed by atoms with van der Waals surface area (Å²) in [6.07, 6.45) is -0.0537. The molecule has 5 heteroatoms. The molecule has 0 saturated carbocycles. The van der Waals surface area contributed by atoms with Gasteiger partial charge in [-0.2, -0.15) is 0 Å². The molecule has 1 aromatic heterocycles. The van der Waals surface area contributed by atoms with E-state index in [4.69, 9.17) is 9.84 Å². The van der Waals surface area contributed by atoms with E-state index in [1.807, 2.05) is 30.3 Å². The van der Waals surface area contributed by atoms with E-state index >= 15 is 0 Å². The zero-order valence-corrected chi connectivity index (χ0v) is 13.0. The minimum absolute atomic E-state index is 0.0537. The Kier molecular flexibility index (Phi) is 4.02.